The Morgan fingerprint density at radius 3 is 2.50 bits per heavy atom. The van der Waals surface area contributed by atoms with Crippen molar-refractivity contribution in [3.05, 3.63) is 0 Å². The SMILES string of the molecule is CC1CC(NCCNC(=O)C(C)C)C1. The van der Waals surface area contributed by atoms with E-state index in [1.54, 1.807) is 0 Å². The van der Waals surface area contributed by atoms with Gasteiger partial charge in [-0.3, -0.25) is 4.79 Å². The van der Waals surface area contributed by atoms with Crippen molar-refractivity contribution in [2.75, 3.05) is 13.1 Å². The van der Waals surface area contributed by atoms with Crippen LogP contribution in [0.3, 0.4) is 0 Å². The number of nitrogens with one attached hydrogen (secondary N) is 2. The zero-order valence-electron chi connectivity index (χ0n) is 9.47. The van der Waals surface area contributed by atoms with E-state index >= 15 is 0 Å². The van der Waals surface area contributed by atoms with Gasteiger partial charge < -0.3 is 10.6 Å². The Morgan fingerprint density at radius 2 is 2.00 bits per heavy atom. The molecule has 0 aromatic carbocycles. The second kappa shape index (κ2) is 5.35. The maximum Gasteiger partial charge on any atom is 0.222 e. The highest BCUT2D eigenvalue weighted by atomic mass is 16.1. The second-order valence-electron chi connectivity index (χ2n) is 4.67. The van der Waals surface area contributed by atoms with Gasteiger partial charge in [0.2, 0.25) is 5.91 Å². The molecule has 0 radical (unpaired) electrons. The predicted molar refractivity (Wildman–Crippen MR) is 58.0 cm³/mol. The molecule has 0 aromatic rings. The highest BCUT2D eigenvalue weighted by Gasteiger charge is 2.24. The van der Waals surface area contributed by atoms with E-state index < -0.39 is 0 Å². The minimum atomic E-state index is 0.0960. The zero-order valence-corrected chi connectivity index (χ0v) is 9.47. The summed E-state index contributed by atoms with van der Waals surface area (Å²) in [5.74, 6) is 1.13. The largest absolute Gasteiger partial charge is 0.355 e. The summed E-state index contributed by atoms with van der Waals surface area (Å²) >= 11 is 0. The average Bonchev–Trinajstić information content (AvgIpc) is 2.08. The lowest BCUT2D eigenvalue weighted by Crippen LogP contribution is -2.44. The average molecular weight is 198 g/mol. The highest BCUT2D eigenvalue weighted by Crippen LogP contribution is 2.25. The molecule has 0 unspecified atom stereocenters. The maximum atomic E-state index is 11.2. The third-order valence-corrected chi connectivity index (χ3v) is 2.76. The Labute approximate surface area is 86.6 Å². The summed E-state index contributed by atoms with van der Waals surface area (Å²) in [5, 5.41) is 6.32. The number of hydrogen-bond donors (Lipinski definition) is 2. The fraction of sp³-hybridized carbons (Fsp3) is 0.909. The van der Waals surface area contributed by atoms with Crippen LogP contribution < -0.4 is 10.6 Å². The first kappa shape index (κ1) is 11.5. The molecule has 14 heavy (non-hydrogen) atoms. The lowest BCUT2D eigenvalue weighted by atomic mass is 9.82. The monoisotopic (exact) mass is 198 g/mol. The van der Waals surface area contributed by atoms with E-state index in [0.29, 0.717) is 6.04 Å². The van der Waals surface area contributed by atoms with Gasteiger partial charge in [-0.15, -0.1) is 0 Å². The molecule has 3 heteroatoms. The Bertz CT molecular complexity index is 186. The van der Waals surface area contributed by atoms with Crippen molar-refractivity contribution in [2.24, 2.45) is 11.8 Å². The molecule has 1 fully saturated rings. The Hall–Kier alpha value is -0.570. The van der Waals surface area contributed by atoms with Crippen molar-refractivity contribution >= 4 is 5.91 Å². The summed E-state index contributed by atoms with van der Waals surface area (Å²) in [5.41, 5.74) is 0. The van der Waals surface area contributed by atoms with Gasteiger partial charge in [0.05, 0.1) is 0 Å². The van der Waals surface area contributed by atoms with Crippen LogP contribution in [0.5, 0.6) is 0 Å². The van der Waals surface area contributed by atoms with Crippen LogP contribution in [0.2, 0.25) is 0 Å². The first-order valence-corrected chi connectivity index (χ1v) is 5.60. The van der Waals surface area contributed by atoms with Crippen LogP contribution in [0.4, 0.5) is 0 Å². The van der Waals surface area contributed by atoms with E-state index in [1.165, 1.54) is 12.8 Å². The number of rotatable bonds is 5. The van der Waals surface area contributed by atoms with Crippen LogP contribution >= 0.6 is 0 Å². The minimum absolute atomic E-state index is 0.0960. The van der Waals surface area contributed by atoms with Crippen molar-refractivity contribution < 1.29 is 4.79 Å². The Morgan fingerprint density at radius 1 is 1.36 bits per heavy atom. The quantitative estimate of drug-likeness (QED) is 0.651. The van der Waals surface area contributed by atoms with E-state index in [-0.39, 0.29) is 11.8 Å². The first-order valence-electron chi connectivity index (χ1n) is 5.60. The van der Waals surface area contributed by atoms with Crippen molar-refractivity contribution in [2.45, 2.75) is 39.7 Å². The Kier molecular flexibility index (Phi) is 4.39. The molecule has 0 atom stereocenters. The number of hydrogen-bond acceptors (Lipinski definition) is 2. The van der Waals surface area contributed by atoms with Crippen LogP contribution in [0.25, 0.3) is 0 Å². The molecule has 0 heterocycles. The third kappa shape index (κ3) is 3.66. The molecule has 2 N–H and O–H groups in total. The van der Waals surface area contributed by atoms with Gasteiger partial charge in [0.1, 0.15) is 0 Å². The maximum absolute atomic E-state index is 11.2. The molecule has 1 saturated carbocycles. The van der Waals surface area contributed by atoms with E-state index in [9.17, 15) is 4.79 Å². The smallest absolute Gasteiger partial charge is 0.222 e. The van der Waals surface area contributed by atoms with Crippen LogP contribution in [0.1, 0.15) is 33.6 Å². The Balaban J connectivity index is 1.92. The summed E-state index contributed by atoms with van der Waals surface area (Å²) in [6.07, 6.45) is 2.58. The number of amides is 1. The van der Waals surface area contributed by atoms with Crippen molar-refractivity contribution in [1.82, 2.24) is 10.6 Å². The molecule has 3 nitrogen and oxygen atoms in total. The molecule has 1 aliphatic rings. The van der Waals surface area contributed by atoms with Crippen LogP contribution in [-0.4, -0.2) is 25.0 Å². The molecule has 1 amide bonds. The second-order valence-corrected chi connectivity index (χ2v) is 4.67. The van der Waals surface area contributed by atoms with Gasteiger partial charge in [0.15, 0.2) is 0 Å². The standard InChI is InChI=1S/C11H22N2O/c1-8(2)11(14)13-5-4-12-10-6-9(3)7-10/h8-10,12H,4-7H2,1-3H3,(H,13,14). The van der Waals surface area contributed by atoms with E-state index in [2.05, 4.69) is 17.6 Å². The number of carbonyl (C=O) groups is 1. The molecule has 0 bridgehead atoms. The molecule has 82 valence electrons. The van der Waals surface area contributed by atoms with Gasteiger partial charge in [0.25, 0.3) is 0 Å². The molecule has 0 aliphatic heterocycles. The highest BCUT2D eigenvalue weighted by molar-refractivity contribution is 5.77. The van der Waals surface area contributed by atoms with Gasteiger partial charge in [0, 0.05) is 25.0 Å². The van der Waals surface area contributed by atoms with Crippen LogP contribution in [0, 0.1) is 11.8 Å². The fourth-order valence-electron chi connectivity index (χ4n) is 1.74. The molecule has 0 saturated heterocycles. The van der Waals surface area contributed by atoms with Crippen LogP contribution in [0.15, 0.2) is 0 Å². The van der Waals surface area contributed by atoms with Gasteiger partial charge in [-0.2, -0.15) is 0 Å². The predicted octanol–water partition coefficient (Wildman–Crippen LogP) is 1.15. The van der Waals surface area contributed by atoms with Gasteiger partial charge in [-0.25, -0.2) is 0 Å². The zero-order chi connectivity index (χ0) is 10.6. The summed E-state index contributed by atoms with van der Waals surface area (Å²) in [4.78, 5) is 11.2. The lowest BCUT2D eigenvalue weighted by molar-refractivity contribution is -0.123. The third-order valence-electron chi connectivity index (χ3n) is 2.76. The fourth-order valence-corrected chi connectivity index (χ4v) is 1.74. The molecule has 0 spiro atoms. The summed E-state index contributed by atoms with van der Waals surface area (Å²) in [7, 11) is 0. The molecule has 0 aromatic heterocycles. The van der Waals surface area contributed by atoms with E-state index in [4.69, 9.17) is 0 Å². The summed E-state index contributed by atoms with van der Waals surface area (Å²) in [6, 6.07) is 0.695. The normalized spacial score (nSPS) is 26.0. The van der Waals surface area contributed by atoms with Gasteiger partial charge >= 0.3 is 0 Å². The van der Waals surface area contributed by atoms with E-state index in [0.717, 1.165) is 19.0 Å². The molecular weight excluding hydrogens is 176 g/mol. The van der Waals surface area contributed by atoms with Gasteiger partial charge in [-0.1, -0.05) is 20.8 Å². The van der Waals surface area contributed by atoms with Gasteiger partial charge in [-0.05, 0) is 18.8 Å². The molecular formula is C11H22N2O. The van der Waals surface area contributed by atoms with Crippen molar-refractivity contribution in [3.8, 4) is 0 Å². The topological polar surface area (TPSA) is 41.1 Å². The summed E-state index contributed by atoms with van der Waals surface area (Å²) in [6.45, 7) is 7.75. The minimum Gasteiger partial charge on any atom is -0.355 e. The van der Waals surface area contributed by atoms with Crippen molar-refractivity contribution in [1.29, 1.82) is 0 Å². The molecule has 1 rings (SSSR count). The van der Waals surface area contributed by atoms with Crippen molar-refractivity contribution in [3.63, 3.8) is 0 Å². The summed E-state index contributed by atoms with van der Waals surface area (Å²) < 4.78 is 0. The lowest BCUT2D eigenvalue weighted by Gasteiger charge is -2.33. The molecule has 1 aliphatic carbocycles. The number of carbonyl (C=O) groups excluding carboxylic acids is 1. The van der Waals surface area contributed by atoms with Crippen LogP contribution in [-0.2, 0) is 4.79 Å². The first-order chi connectivity index (χ1) is 6.59. The van der Waals surface area contributed by atoms with E-state index in [1.807, 2.05) is 13.8 Å².